The molecule has 5 nitrogen and oxygen atoms in total. The highest BCUT2D eigenvalue weighted by molar-refractivity contribution is 5.82. The van der Waals surface area contributed by atoms with Crippen molar-refractivity contribution in [1.29, 1.82) is 0 Å². The van der Waals surface area contributed by atoms with Crippen LogP contribution in [0.15, 0.2) is 0 Å². The SMILES string of the molecule is CC(C)C(NC(=O)NCC(C)C(C)(C)C)C(=O)O. The zero-order valence-corrected chi connectivity index (χ0v) is 12.2. The summed E-state index contributed by atoms with van der Waals surface area (Å²) < 4.78 is 0. The van der Waals surface area contributed by atoms with Crippen molar-refractivity contribution < 1.29 is 14.7 Å². The van der Waals surface area contributed by atoms with Gasteiger partial charge in [-0.2, -0.15) is 0 Å². The largest absolute Gasteiger partial charge is 0.480 e. The fourth-order valence-electron chi connectivity index (χ4n) is 1.26. The molecule has 5 heteroatoms. The van der Waals surface area contributed by atoms with E-state index in [9.17, 15) is 9.59 Å². The second-order valence-electron chi connectivity index (χ2n) is 6.18. The summed E-state index contributed by atoms with van der Waals surface area (Å²) in [6.07, 6.45) is 0. The molecule has 0 aliphatic heterocycles. The highest BCUT2D eigenvalue weighted by Crippen LogP contribution is 2.24. The van der Waals surface area contributed by atoms with Gasteiger partial charge in [0.2, 0.25) is 0 Å². The first-order chi connectivity index (χ1) is 8.05. The van der Waals surface area contributed by atoms with Crippen LogP contribution in [0.1, 0.15) is 41.5 Å². The summed E-state index contributed by atoms with van der Waals surface area (Å²) in [6.45, 7) is 12.4. The maximum Gasteiger partial charge on any atom is 0.326 e. The zero-order chi connectivity index (χ0) is 14.5. The quantitative estimate of drug-likeness (QED) is 0.706. The number of urea groups is 1. The average molecular weight is 258 g/mol. The van der Waals surface area contributed by atoms with Crippen molar-refractivity contribution in [2.45, 2.75) is 47.6 Å². The van der Waals surface area contributed by atoms with Crippen LogP contribution in [-0.4, -0.2) is 29.7 Å². The minimum atomic E-state index is -1.01. The number of carboxylic acids is 1. The summed E-state index contributed by atoms with van der Waals surface area (Å²) in [4.78, 5) is 22.5. The minimum absolute atomic E-state index is 0.109. The van der Waals surface area contributed by atoms with Gasteiger partial charge in [0.1, 0.15) is 6.04 Å². The van der Waals surface area contributed by atoms with Crippen molar-refractivity contribution >= 4 is 12.0 Å². The number of aliphatic carboxylic acids is 1. The van der Waals surface area contributed by atoms with E-state index >= 15 is 0 Å². The Morgan fingerprint density at radius 2 is 1.67 bits per heavy atom. The number of hydrogen-bond donors (Lipinski definition) is 3. The van der Waals surface area contributed by atoms with Gasteiger partial charge in [0.15, 0.2) is 0 Å². The molecule has 0 fully saturated rings. The molecule has 3 N–H and O–H groups in total. The van der Waals surface area contributed by atoms with Gasteiger partial charge >= 0.3 is 12.0 Å². The number of amides is 2. The number of hydrogen-bond acceptors (Lipinski definition) is 2. The Balaban J connectivity index is 4.23. The van der Waals surface area contributed by atoms with Crippen LogP contribution in [0, 0.1) is 17.3 Å². The van der Waals surface area contributed by atoms with E-state index in [-0.39, 0.29) is 11.3 Å². The van der Waals surface area contributed by atoms with E-state index in [1.807, 2.05) is 0 Å². The van der Waals surface area contributed by atoms with Gasteiger partial charge in [0, 0.05) is 6.54 Å². The van der Waals surface area contributed by atoms with E-state index in [0.717, 1.165) is 0 Å². The molecule has 0 aromatic rings. The lowest BCUT2D eigenvalue weighted by molar-refractivity contribution is -0.140. The molecule has 0 aliphatic carbocycles. The normalized spacial score (nSPS) is 15.1. The number of carbonyl (C=O) groups is 2. The first-order valence-electron chi connectivity index (χ1n) is 6.33. The van der Waals surface area contributed by atoms with Crippen molar-refractivity contribution in [3.05, 3.63) is 0 Å². The molecule has 0 heterocycles. The minimum Gasteiger partial charge on any atom is -0.480 e. The van der Waals surface area contributed by atoms with Crippen LogP contribution in [0.5, 0.6) is 0 Å². The third kappa shape index (κ3) is 5.89. The fourth-order valence-corrected chi connectivity index (χ4v) is 1.26. The molecule has 0 aliphatic rings. The molecule has 106 valence electrons. The van der Waals surface area contributed by atoms with E-state index in [1.54, 1.807) is 13.8 Å². The fraction of sp³-hybridized carbons (Fsp3) is 0.846. The van der Waals surface area contributed by atoms with Gasteiger partial charge in [-0.05, 0) is 17.3 Å². The number of carbonyl (C=O) groups excluding carboxylic acids is 1. The highest BCUT2D eigenvalue weighted by atomic mass is 16.4. The predicted molar refractivity (Wildman–Crippen MR) is 71.4 cm³/mol. The van der Waals surface area contributed by atoms with Crippen LogP contribution in [0.4, 0.5) is 4.79 Å². The summed E-state index contributed by atoms with van der Waals surface area (Å²) in [5.41, 5.74) is 0.109. The standard InChI is InChI=1S/C13H26N2O3/c1-8(2)10(11(16)17)15-12(18)14-7-9(3)13(4,5)6/h8-10H,7H2,1-6H3,(H,16,17)(H2,14,15,18). The molecule has 0 rings (SSSR count). The summed E-state index contributed by atoms with van der Waals surface area (Å²) in [5, 5.41) is 14.1. The molecule has 18 heavy (non-hydrogen) atoms. The van der Waals surface area contributed by atoms with Crippen LogP contribution in [0.25, 0.3) is 0 Å². The van der Waals surface area contributed by atoms with Crippen LogP contribution in [0.2, 0.25) is 0 Å². The molecule has 0 aromatic carbocycles. The number of carboxylic acid groups (broad SMARTS) is 1. The maximum atomic E-state index is 11.6. The van der Waals surface area contributed by atoms with Gasteiger partial charge in [0.25, 0.3) is 0 Å². The zero-order valence-electron chi connectivity index (χ0n) is 12.2. The molecule has 2 amide bonds. The first kappa shape index (κ1) is 16.7. The molecule has 0 aromatic heterocycles. The average Bonchev–Trinajstić information content (AvgIpc) is 2.19. The Bertz CT molecular complexity index is 295. The van der Waals surface area contributed by atoms with Gasteiger partial charge in [-0.15, -0.1) is 0 Å². The summed E-state index contributed by atoms with van der Waals surface area (Å²) in [6, 6.07) is -1.28. The second kappa shape index (κ2) is 6.61. The molecule has 2 unspecified atom stereocenters. The molecule has 0 saturated heterocycles. The Labute approximate surface area is 109 Å². The third-order valence-electron chi connectivity index (χ3n) is 3.27. The van der Waals surface area contributed by atoms with Gasteiger partial charge < -0.3 is 15.7 Å². The van der Waals surface area contributed by atoms with E-state index in [2.05, 4.69) is 38.3 Å². The molecular weight excluding hydrogens is 232 g/mol. The van der Waals surface area contributed by atoms with Crippen LogP contribution in [0.3, 0.4) is 0 Å². The number of rotatable bonds is 5. The van der Waals surface area contributed by atoms with Crippen LogP contribution >= 0.6 is 0 Å². The third-order valence-corrected chi connectivity index (χ3v) is 3.27. The Kier molecular flexibility index (Phi) is 6.15. The first-order valence-corrected chi connectivity index (χ1v) is 6.33. The Morgan fingerprint density at radius 1 is 1.17 bits per heavy atom. The smallest absolute Gasteiger partial charge is 0.326 e. The lowest BCUT2D eigenvalue weighted by Gasteiger charge is -2.27. The van der Waals surface area contributed by atoms with Gasteiger partial charge in [-0.1, -0.05) is 41.5 Å². The summed E-state index contributed by atoms with van der Waals surface area (Å²) in [5.74, 6) is -0.845. The summed E-state index contributed by atoms with van der Waals surface area (Å²) >= 11 is 0. The van der Waals surface area contributed by atoms with Crippen molar-refractivity contribution in [3.63, 3.8) is 0 Å². The molecule has 0 spiro atoms. The molecular formula is C13H26N2O3. The molecule has 0 saturated carbocycles. The van der Waals surface area contributed by atoms with E-state index in [4.69, 9.17) is 5.11 Å². The molecule has 0 radical (unpaired) electrons. The van der Waals surface area contributed by atoms with Crippen LogP contribution < -0.4 is 10.6 Å². The van der Waals surface area contributed by atoms with E-state index in [1.165, 1.54) is 0 Å². The summed E-state index contributed by atoms with van der Waals surface area (Å²) in [7, 11) is 0. The molecule has 0 bridgehead atoms. The maximum absolute atomic E-state index is 11.6. The van der Waals surface area contributed by atoms with Gasteiger partial charge in [0.05, 0.1) is 0 Å². The topological polar surface area (TPSA) is 78.4 Å². The predicted octanol–water partition coefficient (Wildman–Crippen LogP) is 2.08. The molecule has 2 atom stereocenters. The van der Waals surface area contributed by atoms with Crippen LogP contribution in [-0.2, 0) is 4.79 Å². The van der Waals surface area contributed by atoms with Crippen molar-refractivity contribution in [2.75, 3.05) is 6.54 Å². The lowest BCUT2D eigenvalue weighted by atomic mass is 9.82. The monoisotopic (exact) mass is 258 g/mol. The Morgan fingerprint density at radius 3 is 2.00 bits per heavy atom. The van der Waals surface area contributed by atoms with E-state index < -0.39 is 18.0 Å². The van der Waals surface area contributed by atoms with Gasteiger partial charge in [-0.25, -0.2) is 9.59 Å². The Hall–Kier alpha value is -1.26. The van der Waals surface area contributed by atoms with Crippen molar-refractivity contribution in [2.24, 2.45) is 17.3 Å². The number of nitrogens with one attached hydrogen (secondary N) is 2. The van der Waals surface area contributed by atoms with Crippen molar-refractivity contribution in [1.82, 2.24) is 10.6 Å². The van der Waals surface area contributed by atoms with Crippen molar-refractivity contribution in [3.8, 4) is 0 Å². The second-order valence-corrected chi connectivity index (χ2v) is 6.18. The van der Waals surface area contributed by atoms with E-state index in [0.29, 0.717) is 12.5 Å². The van der Waals surface area contributed by atoms with Gasteiger partial charge in [-0.3, -0.25) is 0 Å². The highest BCUT2D eigenvalue weighted by Gasteiger charge is 2.24. The lowest BCUT2D eigenvalue weighted by Crippen LogP contribution is -2.49.